The molecule has 0 saturated carbocycles. The molecule has 0 radical (unpaired) electrons. The van der Waals surface area contributed by atoms with Crippen LogP contribution in [0.15, 0.2) is 46.9 Å². The zero-order chi connectivity index (χ0) is 15.0. The zero-order valence-corrected chi connectivity index (χ0v) is 10.7. The van der Waals surface area contributed by atoms with Gasteiger partial charge in [-0.2, -0.15) is 0 Å². The lowest BCUT2D eigenvalue weighted by Crippen LogP contribution is -2.04. The Hall–Kier alpha value is -2.56. The van der Waals surface area contributed by atoms with E-state index in [1.54, 1.807) is 6.07 Å². The number of carbonyl (C=O) groups is 1. The van der Waals surface area contributed by atoms with Crippen LogP contribution in [0, 0.1) is 17.5 Å². The standard InChI is InChI=1S/C16H9F3O2/c17-11-5-4-9(13(19)8-11)6-14(20)15-7-10-2-1-3-12(18)16(10)21-15/h1-5,7-8H,6H2. The summed E-state index contributed by atoms with van der Waals surface area (Å²) in [5.41, 5.74) is 0.0442. The van der Waals surface area contributed by atoms with Crippen LogP contribution in [0.25, 0.3) is 11.0 Å². The highest BCUT2D eigenvalue weighted by molar-refractivity contribution is 5.98. The van der Waals surface area contributed by atoms with Gasteiger partial charge in [-0.1, -0.05) is 18.2 Å². The quantitative estimate of drug-likeness (QED) is 0.674. The van der Waals surface area contributed by atoms with Crippen molar-refractivity contribution in [1.82, 2.24) is 0 Å². The van der Waals surface area contributed by atoms with Crippen LogP contribution in [0.3, 0.4) is 0 Å². The molecule has 0 saturated heterocycles. The second-order valence-electron chi connectivity index (χ2n) is 4.60. The molecule has 3 aromatic rings. The molecule has 0 aliphatic carbocycles. The largest absolute Gasteiger partial charge is 0.450 e. The van der Waals surface area contributed by atoms with Gasteiger partial charge in [-0.15, -0.1) is 0 Å². The van der Waals surface area contributed by atoms with E-state index in [9.17, 15) is 18.0 Å². The van der Waals surface area contributed by atoms with Gasteiger partial charge >= 0.3 is 0 Å². The third-order valence-corrected chi connectivity index (χ3v) is 3.14. The van der Waals surface area contributed by atoms with Crippen molar-refractivity contribution < 1.29 is 22.4 Å². The number of hydrogen-bond donors (Lipinski definition) is 0. The van der Waals surface area contributed by atoms with E-state index in [2.05, 4.69) is 0 Å². The van der Waals surface area contributed by atoms with Crippen LogP contribution in [0.4, 0.5) is 13.2 Å². The molecule has 0 aliphatic rings. The highest BCUT2D eigenvalue weighted by atomic mass is 19.1. The minimum atomic E-state index is -0.800. The number of carbonyl (C=O) groups excluding carboxylic acids is 1. The van der Waals surface area contributed by atoms with Gasteiger partial charge in [-0.3, -0.25) is 4.79 Å². The summed E-state index contributed by atoms with van der Waals surface area (Å²) in [6.07, 6.45) is -0.284. The second kappa shape index (κ2) is 5.09. The number of Topliss-reactive ketones (excluding diaryl/α,β-unsaturated/α-hetero) is 1. The summed E-state index contributed by atoms with van der Waals surface area (Å²) in [7, 11) is 0. The van der Waals surface area contributed by atoms with E-state index in [-0.39, 0.29) is 23.3 Å². The number of hydrogen-bond acceptors (Lipinski definition) is 2. The summed E-state index contributed by atoms with van der Waals surface area (Å²) in [6.45, 7) is 0. The Labute approximate surface area is 117 Å². The maximum Gasteiger partial charge on any atom is 0.202 e. The van der Waals surface area contributed by atoms with Crippen molar-refractivity contribution in [3.05, 3.63) is 71.2 Å². The molecular formula is C16H9F3O2. The molecule has 1 aromatic heterocycles. The summed E-state index contributed by atoms with van der Waals surface area (Å²) < 4.78 is 45.0. The molecule has 0 spiro atoms. The Bertz CT molecular complexity index is 837. The Balaban J connectivity index is 1.92. The molecule has 2 nitrogen and oxygen atoms in total. The van der Waals surface area contributed by atoms with Crippen molar-refractivity contribution >= 4 is 16.8 Å². The van der Waals surface area contributed by atoms with Crippen molar-refractivity contribution in [3.8, 4) is 0 Å². The van der Waals surface area contributed by atoms with E-state index in [0.29, 0.717) is 11.5 Å². The van der Waals surface area contributed by atoms with Gasteiger partial charge in [0.2, 0.25) is 5.78 Å². The van der Waals surface area contributed by atoms with Crippen LogP contribution in [0.2, 0.25) is 0 Å². The molecule has 0 aliphatic heterocycles. The Kier molecular flexibility index (Phi) is 3.25. The number of para-hydroxylation sites is 1. The molecule has 5 heteroatoms. The first-order valence-electron chi connectivity index (χ1n) is 6.20. The Morgan fingerprint density at radius 2 is 1.81 bits per heavy atom. The molecule has 0 unspecified atom stereocenters. The predicted molar refractivity (Wildman–Crippen MR) is 70.6 cm³/mol. The van der Waals surface area contributed by atoms with Crippen molar-refractivity contribution in [3.63, 3.8) is 0 Å². The first kappa shape index (κ1) is 13.4. The minimum absolute atomic E-state index is 0.0135. The summed E-state index contributed by atoms with van der Waals surface area (Å²) in [6, 6.07) is 8.72. The van der Waals surface area contributed by atoms with Crippen LogP contribution in [-0.4, -0.2) is 5.78 Å². The lowest BCUT2D eigenvalue weighted by molar-refractivity contribution is 0.0967. The highest BCUT2D eigenvalue weighted by Gasteiger charge is 2.16. The second-order valence-corrected chi connectivity index (χ2v) is 4.60. The molecule has 0 amide bonds. The minimum Gasteiger partial charge on any atom is -0.450 e. The van der Waals surface area contributed by atoms with Gasteiger partial charge in [0, 0.05) is 17.9 Å². The monoisotopic (exact) mass is 290 g/mol. The molecule has 106 valence electrons. The molecule has 3 rings (SSSR count). The maximum atomic E-state index is 13.5. The fourth-order valence-corrected chi connectivity index (χ4v) is 2.09. The smallest absolute Gasteiger partial charge is 0.202 e. The van der Waals surface area contributed by atoms with Crippen LogP contribution in [0.1, 0.15) is 16.1 Å². The Morgan fingerprint density at radius 1 is 1.00 bits per heavy atom. The van der Waals surface area contributed by atoms with Crippen LogP contribution >= 0.6 is 0 Å². The van der Waals surface area contributed by atoms with E-state index < -0.39 is 23.2 Å². The SMILES string of the molecule is O=C(Cc1ccc(F)cc1F)c1cc2cccc(F)c2o1. The van der Waals surface area contributed by atoms with Gasteiger partial charge in [0.15, 0.2) is 17.2 Å². The molecule has 0 N–H and O–H groups in total. The summed E-state index contributed by atoms with van der Waals surface area (Å²) in [5, 5.41) is 0.456. The summed E-state index contributed by atoms with van der Waals surface area (Å²) in [4.78, 5) is 12.1. The molecule has 1 heterocycles. The van der Waals surface area contributed by atoms with E-state index >= 15 is 0 Å². The van der Waals surface area contributed by atoms with Gasteiger partial charge in [-0.25, -0.2) is 13.2 Å². The molecule has 2 aromatic carbocycles. The number of benzene rings is 2. The fraction of sp³-hybridized carbons (Fsp3) is 0.0625. The van der Waals surface area contributed by atoms with Crippen LogP contribution in [0.5, 0.6) is 0 Å². The maximum absolute atomic E-state index is 13.5. The first-order valence-corrected chi connectivity index (χ1v) is 6.20. The van der Waals surface area contributed by atoms with E-state index in [1.807, 2.05) is 0 Å². The van der Waals surface area contributed by atoms with Crippen molar-refractivity contribution in [2.45, 2.75) is 6.42 Å². The van der Waals surface area contributed by atoms with Gasteiger partial charge < -0.3 is 4.42 Å². The molecule has 21 heavy (non-hydrogen) atoms. The van der Waals surface area contributed by atoms with Crippen molar-refractivity contribution in [2.24, 2.45) is 0 Å². The number of fused-ring (bicyclic) bond motifs is 1. The first-order chi connectivity index (χ1) is 10.0. The van der Waals surface area contributed by atoms with Gasteiger partial charge in [0.25, 0.3) is 0 Å². The number of halogens is 3. The fourth-order valence-electron chi connectivity index (χ4n) is 2.09. The average molecular weight is 290 g/mol. The lowest BCUT2D eigenvalue weighted by atomic mass is 10.1. The summed E-state index contributed by atoms with van der Waals surface area (Å²) in [5.74, 6) is -2.64. The van der Waals surface area contributed by atoms with Crippen molar-refractivity contribution in [1.29, 1.82) is 0 Å². The van der Waals surface area contributed by atoms with E-state index in [0.717, 1.165) is 6.07 Å². The number of rotatable bonds is 3. The highest BCUT2D eigenvalue weighted by Crippen LogP contribution is 2.23. The zero-order valence-electron chi connectivity index (χ0n) is 10.7. The normalized spacial score (nSPS) is 11.0. The molecule has 0 fully saturated rings. The predicted octanol–water partition coefficient (Wildman–Crippen LogP) is 4.28. The molecule has 0 atom stereocenters. The van der Waals surface area contributed by atoms with Crippen molar-refractivity contribution in [2.75, 3.05) is 0 Å². The Morgan fingerprint density at radius 3 is 2.52 bits per heavy atom. The van der Waals surface area contributed by atoms with E-state index in [4.69, 9.17) is 4.42 Å². The third-order valence-electron chi connectivity index (χ3n) is 3.14. The van der Waals surface area contributed by atoms with Gasteiger partial charge in [-0.05, 0) is 23.8 Å². The van der Waals surface area contributed by atoms with Gasteiger partial charge in [0.1, 0.15) is 11.6 Å². The lowest BCUT2D eigenvalue weighted by Gasteiger charge is -2.01. The molecular weight excluding hydrogens is 281 g/mol. The number of ketones is 1. The number of furan rings is 1. The average Bonchev–Trinajstić information content (AvgIpc) is 2.87. The van der Waals surface area contributed by atoms with Crippen LogP contribution < -0.4 is 0 Å². The van der Waals surface area contributed by atoms with Crippen LogP contribution in [-0.2, 0) is 6.42 Å². The molecule has 0 bridgehead atoms. The summed E-state index contributed by atoms with van der Waals surface area (Å²) >= 11 is 0. The van der Waals surface area contributed by atoms with E-state index in [1.165, 1.54) is 24.3 Å². The third kappa shape index (κ3) is 2.54. The topological polar surface area (TPSA) is 30.2 Å². The van der Waals surface area contributed by atoms with Gasteiger partial charge in [0.05, 0.1) is 0 Å².